The maximum atomic E-state index is 8.22. The second kappa shape index (κ2) is 4.92. The number of aliphatic imine (C=N–C) groups is 1. The Bertz CT molecular complexity index is 708. The fourth-order valence-electron chi connectivity index (χ4n) is 2.03. The van der Waals surface area contributed by atoms with Crippen LogP contribution in [0.1, 0.15) is 19.5 Å². The molecule has 0 spiro atoms. The number of thiophene rings is 2. The monoisotopic (exact) mass is 299 g/mol. The fraction of sp³-hybridized carbons (Fsp3) is 0.133. The first-order valence-corrected chi connectivity index (χ1v) is 7.79. The van der Waals surface area contributed by atoms with Crippen LogP contribution in [0.25, 0.3) is 5.57 Å². The second-order valence-corrected chi connectivity index (χ2v) is 7.17. The Morgan fingerprint density at radius 1 is 0.850 bits per heavy atom. The topological polar surface area (TPSA) is 60.1 Å². The van der Waals surface area contributed by atoms with Crippen molar-refractivity contribution in [3.8, 4) is 0 Å². The van der Waals surface area contributed by atoms with Crippen LogP contribution in [0.2, 0.25) is 0 Å². The molecule has 0 saturated carbocycles. The van der Waals surface area contributed by atoms with Gasteiger partial charge in [-0.1, -0.05) is 0 Å². The first-order chi connectivity index (χ1) is 9.56. The number of hydrogen-bond acceptors (Lipinski definition) is 5. The molecule has 3 heterocycles. The van der Waals surface area contributed by atoms with Crippen molar-refractivity contribution in [2.45, 2.75) is 13.8 Å². The third-order valence-electron chi connectivity index (χ3n) is 3.06. The van der Waals surface area contributed by atoms with Crippen LogP contribution in [0.3, 0.4) is 0 Å². The summed E-state index contributed by atoms with van der Waals surface area (Å²) in [6.07, 6.45) is 1.72. The molecule has 0 fully saturated rings. The van der Waals surface area contributed by atoms with E-state index in [1.807, 2.05) is 38.1 Å². The van der Waals surface area contributed by atoms with Crippen LogP contribution in [-0.2, 0) is 0 Å². The van der Waals surface area contributed by atoms with E-state index < -0.39 is 0 Å². The van der Waals surface area contributed by atoms with E-state index in [1.54, 1.807) is 28.9 Å². The van der Waals surface area contributed by atoms with E-state index in [0.717, 1.165) is 15.3 Å². The smallest absolute Gasteiger partial charge is 0.107 e. The van der Waals surface area contributed by atoms with Gasteiger partial charge in [-0.15, -0.1) is 22.7 Å². The van der Waals surface area contributed by atoms with Gasteiger partial charge in [0.25, 0.3) is 0 Å². The second-order valence-electron chi connectivity index (χ2n) is 4.59. The van der Waals surface area contributed by atoms with E-state index in [2.05, 4.69) is 4.99 Å². The number of nitrogens with zero attached hydrogens (tertiary/aromatic N) is 1. The molecule has 1 aliphatic heterocycles. The molecule has 3 rings (SSSR count). The molecule has 100 valence electrons. The van der Waals surface area contributed by atoms with Crippen molar-refractivity contribution < 1.29 is 0 Å². The van der Waals surface area contributed by atoms with E-state index in [4.69, 9.17) is 10.8 Å². The van der Waals surface area contributed by atoms with Crippen LogP contribution in [0.15, 0.2) is 35.5 Å². The van der Waals surface area contributed by atoms with Crippen LogP contribution >= 0.6 is 22.7 Å². The first kappa shape index (κ1) is 13.1. The van der Waals surface area contributed by atoms with Crippen LogP contribution in [0.4, 0.5) is 0 Å². The Balaban J connectivity index is 2.04. The van der Waals surface area contributed by atoms with E-state index in [9.17, 15) is 0 Å². The lowest BCUT2D eigenvalue weighted by Gasteiger charge is -2.14. The molecule has 0 aromatic carbocycles. The van der Waals surface area contributed by atoms with Gasteiger partial charge in [0.15, 0.2) is 0 Å². The summed E-state index contributed by atoms with van der Waals surface area (Å²) < 4.78 is 0. The Hall–Kier alpha value is -1.85. The van der Waals surface area contributed by atoms with Gasteiger partial charge in [-0.2, -0.15) is 0 Å². The van der Waals surface area contributed by atoms with E-state index >= 15 is 0 Å². The fourth-order valence-corrected chi connectivity index (χ4v) is 3.78. The molecule has 0 unspecified atom stereocenters. The number of rotatable bonds is 2. The Morgan fingerprint density at radius 2 is 1.45 bits per heavy atom. The molecule has 2 aromatic rings. The lowest BCUT2D eigenvalue weighted by atomic mass is 9.99. The van der Waals surface area contributed by atoms with Crippen LogP contribution < -0.4 is 0 Å². The van der Waals surface area contributed by atoms with Gasteiger partial charge in [-0.25, -0.2) is 0 Å². The average Bonchev–Trinajstić information content (AvgIpc) is 3.02. The predicted molar refractivity (Wildman–Crippen MR) is 88.1 cm³/mol. The number of nitrogens with one attached hydrogen (secondary N) is 2. The van der Waals surface area contributed by atoms with Gasteiger partial charge in [0.2, 0.25) is 0 Å². The van der Waals surface area contributed by atoms with Gasteiger partial charge in [0.1, 0.15) is 11.4 Å². The summed E-state index contributed by atoms with van der Waals surface area (Å²) in [6, 6.07) is 8.00. The van der Waals surface area contributed by atoms with Gasteiger partial charge in [0, 0.05) is 26.4 Å². The summed E-state index contributed by atoms with van der Waals surface area (Å²) in [4.78, 5) is 8.76. The predicted octanol–water partition coefficient (Wildman–Crippen LogP) is 4.31. The van der Waals surface area contributed by atoms with E-state index in [1.165, 1.54) is 9.75 Å². The van der Waals surface area contributed by atoms with E-state index in [0.29, 0.717) is 5.71 Å². The summed E-state index contributed by atoms with van der Waals surface area (Å²) in [7, 11) is 0. The highest BCUT2D eigenvalue weighted by molar-refractivity contribution is 7.16. The van der Waals surface area contributed by atoms with Crippen LogP contribution in [0.5, 0.6) is 0 Å². The van der Waals surface area contributed by atoms with Crippen molar-refractivity contribution in [2.75, 3.05) is 0 Å². The van der Waals surface area contributed by atoms with Crippen molar-refractivity contribution in [3.63, 3.8) is 0 Å². The van der Waals surface area contributed by atoms with Gasteiger partial charge in [-0.05, 0) is 38.1 Å². The molecule has 0 atom stereocenters. The highest BCUT2D eigenvalue weighted by Crippen LogP contribution is 2.28. The first-order valence-electron chi connectivity index (χ1n) is 6.16. The molecule has 2 N–H and O–H groups in total. The number of allylic oxidation sites excluding steroid dienone is 1. The summed E-state index contributed by atoms with van der Waals surface area (Å²) in [5, 5.41) is 16.4. The zero-order chi connectivity index (χ0) is 14.3. The summed E-state index contributed by atoms with van der Waals surface area (Å²) in [5.41, 5.74) is 1.80. The number of hydrogen-bond donors (Lipinski definition) is 2. The summed E-state index contributed by atoms with van der Waals surface area (Å²) in [5.74, 6) is 0. The maximum absolute atomic E-state index is 8.22. The lowest BCUT2D eigenvalue weighted by Crippen LogP contribution is -2.26. The SMILES string of the molecule is Cc1ccc(C2=CN=C(c3ccc(C)s3)C(=N)C2=N)s1. The van der Waals surface area contributed by atoms with Gasteiger partial charge >= 0.3 is 0 Å². The molecule has 0 amide bonds. The largest absolute Gasteiger partial charge is 0.298 e. The van der Waals surface area contributed by atoms with Crippen LogP contribution in [0, 0.1) is 24.7 Å². The molecule has 0 aliphatic carbocycles. The average molecular weight is 299 g/mol. The third kappa shape index (κ3) is 2.19. The molecule has 0 bridgehead atoms. The van der Waals surface area contributed by atoms with Crippen molar-refractivity contribution >= 4 is 45.4 Å². The van der Waals surface area contributed by atoms with Gasteiger partial charge in [-0.3, -0.25) is 15.8 Å². The maximum Gasteiger partial charge on any atom is 0.107 e. The quantitative estimate of drug-likeness (QED) is 0.830. The lowest BCUT2D eigenvalue weighted by molar-refractivity contribution is 1.47. The van der Waals surface area contributed by atoms with Crippen molar-refractivity contribution in [3.05, 3.63) is 50.0 Å². The van der Waals surface area contributed by atoms with Gasteiger partial charge in [0.05, 0.1) is 10.6 Å². The molecule has 1 aliphatic rings. The van der Waals surface area contributed by atoms with Crippen molar-refractivity contribution in [1.29, 1.82) is 10.8 Å². The molecule has 0 saturated heterocycles. The zero-order valence-corrected chi connectivity index (χ0v) is 12.8. The molecule has 0 radical (unpaired) electrons. The minimum Gasteiger partial charge on any atom is -0.298 e. The normalized spacial score (nSPS) is 15.3. The number of aryl methyl sites for hydroxylation is 2. The Morgan fingerprint density at radius 3 is 2.00 bits per heavy atom. The highest BCUT2D eigenvalue weighted by atomic mass is 32.1. The van der Waals surface area contributed by atoms with Gasteiger partial charge < -0.3 is 0 Å². The Labute approximate surface area is 125 Å². The third-order valence-corrected chi connectivity index (χ3v) is 5.10. The van der Waals surface area contributed by atoms with Crippen molar-refractivity contribution in [2.24, 2.45) is 4.99 Å². The van der Waals surface area contributed by atoms with E-state index in [-0.39, 0.29) is 11.4 Å². The standard InChI is InChI=1S/C15H13N3S2/c1-8-3-5-11(19-8)10-7-18-15(14(17)13(10)16)12-6-4-9(2)20-12/h3-7,16-17H,1-2H3. The summed E-state index contributed by atoms with van der Waals surface area (Å²) in [6.45, 7) is 4.07. The molecule has 5 heteroatoms. The van der Waals surface area contributed by atoms with Crippen LogP contribution in [-0.4, -0.2) is 17.1 Å². The Kier molecular flexibility index (Phi) is 3.23. The zero-order valence-electron chi connectivity index (χ0n) is 11.2. The molecular formula is C15H13N3S2. The highest BCUT2D eigenvalue weighted by Gasteiger charge is 2.24. The molecule has 2 aromatic heterocycles. The summed E-state index contributed by atoms with van der Waals surface area (Å²) >= 11 is 3.24. The minimum absolute atomic E-state index is 0.204. The minimum atomic E-state index is 0.204. The molecular weight excluding hydrogens is 286 g/mol. The molecule has 20 heavy (non-hydrogen) atoms. The van der Waals surface area contributed by atoms with Crippen molar-refractivity contribution in [1.82, 2.24) is 0 Å². The molecule has 3 nitrogen and oxygen atoms in total.